The molecule has 0 aromatic rings. The van der Waals surface area contributed by atoms with Gasteiger partial charge >= 0.3 is 11.9 Å². The van der Waals surface area contributed by atoms with Crippen molar-refractivity contribution in [2.75, 3.05) is 6.61 Å². The van der Waals surface area contributed by atoms with Crippen molar-refractivity contribution < 1.29 is 53.4 Å². The third-order valence-corrected chi connectivity index (χ3v) is 12.7. The molecule has 2 saturated carbocycles. The Morgan fingerprint density at radius 1 is 1.05 bits per heavy atom. The van der Waals surface area contributed by atoms with Gasteiger partial charge in [-0.25, -0.2) is 4.79 Å². The van der Waals surface area contributed by atoms with Gasteiger partial charge in [0.1, 0.15) is 11.7 Å². The molecule has 7 fully saturated rings. The maximum Gasteiger partial charge on any atom is 0.342 e. The van der Waals surface area contributed by atoms with Crippen LogP contribution in [0, 0.1) is 34.5 Å². The minimum absolute atomic E-state index is 0.0207. The molecule has 39 heavy (non-hydrogen) atoms. The molecule has 11 nitrogen and oxygen atoms in total. The number of fused-ring (bicyclic) bond motifs is 5. The smallest absolute Gasteiger partial charge is 0.342 e. The fourth-order valence-corrected chi connectivity index (χ4v) is 10.6. The SMILES string of the molecule is C[C@@]12C[C@H]3OC(=O)[C@@H]1CO[C@]14O[C@@]5([C@H]2C1=O)[C@@]3(C)OC(=O)[C@@]5(O)CC[C@@H]1[C@@H]4C[C@@H](O)[C@@]2(O)CC=CC(=O)[C@]12C. The fourth-order valence-electron chi connectivity index (χ4n) is 10.6. The fraction of sp³-hybridized carbons (Fsp3) is 0.786. The summed E-state index contributed by atoms with van der Waals surface area (Å²) in [5.74, 6) is -8.35. The van der Waals surface area contributed by atoms with Crippen LogP contribution in [-0.2, 0) is 38.1 Å². The van der Waals surface area contributed by atoms with Crippen LogP contribution in [0.25, 0.3) is 0 Å². The van der Waals surface area contributed by atoms with E-state index in [1.54, 1.807) is 20.8 Å². The van der Waals surface area contributed by atoms with E-state index in [2.05, 4.69) is 0 Å². The van der Waals surface area contributed by atoms with Gasteiger partial charge in [0.2, 0.25) is 5.79 Å². The highest BCUT2D eigenvalue weighted by Gasteiger charge is 2.93. The van der Waals surface area contributed by atoms with Gasteiger partial charge in [0.15, 0.2) is 28.4 Å². The van der Waals surface area contributed by atoms with Crippen molar-refractivity contribution in [1.29, 1.82) is 0 Å². The van der Waals surface area contributed by atoms with Crippen LogP contribution in [0.15, 0.2) is 12.2 Å². The monoisotopic (exact) mass is 544 g/mol. The Balaban J connectivity index is 1.43. The molecule has 0 unspecified atom stereocenters. The predicted octanol–water partition coefficient (Wildman–Crippen LogP) is -0.277. The summed E-state index contributed by atoms with van der Waals surface area (Å²) < 4.78 is 24.9. The Bertz CT molecular complexity index is 1330. The molecule has 8 aliphatic rings. The summed E-state index contributed by atoms with van der Waals surface area (Å²) in [6, 6.07) is 0. The predicted molar refractivity (Wildman–Crippen MR) is 125 cm³/mol. The van der Waals surface area contributed by atoms with E-state index in [9.17, 15) is 34.5 Å². The van der Waals surface area contributed by atoms with Gasteiger partial charge in [-0.05, 0) is 63.4 Å². The van der Waals surface area contributed by atoms with Gasteiger partial charge in [-0.1, -0.05) is 13.0 Å². The third-order valence-electron chi connectivity index (χ3n) is 12.7. The number of carbonyl (C=O) groups excluding carboxylic acids is 4. The van der Waals surface area contributed by atoms with Crippen LogP contribution in [-0.4, -0.2) is 85.8 Å². The summed E-state index contributed by atoms with van der Waals surface area (Å²) in [5.41, 5.74) is -10.4. The summed E-state index contributed by atoms with van der Waals surface area (Å²) in [4.78, 5) is 55.5. The van der Waals surface area contributed by atoms with Gasteiger partial charge in [-0.15, -0.1) is 0 Å². The van der Waals surface area contributed by atoms with E-state index < -0.39 is 98.4 Å². The largest absolute Gasteiger partial charge is 0.458 e. The minimum Gasteiger partial charge on any atom is -0.458 e. The zero-order chi connectivity index (χ0) is 27.8. The van der Waals surface area contributed by atoms with Crippen molar-refractivity contribution in [3.63, 3.8) is 0 Å². The number of hydrogen-bond donors (Lipinski definition) is 3. The van der Waals surface area contributed by atoms with Crippen LogP contribution < -0.4 is 0 Å². The number of hydrogen-bond acceptors (Lipinski definition) is 11. The molecule has 2 spiro atoms. The van der Waals surface area contributed by atoms with Crippen LogP contribution in [0.1, 0.15) is 52.9 Å². The Labute approximate surface area is 223 Å². The highest BCUT2D eigenvalue weighted by Crippen LogP contribution is 2.75. The molecular weight excluding hydrogens is 512 g/mol. The number of ether oxygens (including phenoxy) is 4. The molecule has 5 heterocycles. The average molecular weight is 545 g/mol. The van der Waals surface area contributed by atoms with Crippen molar-refractivity contribution in [3.05, 3.63) is 12.2 Å². The third kappa shape index (κ3) is 2.10. The van der Waals surface area contributed by atoms with E-state index in [0.717, 1.165) is 0 Å². The van der Waals surface area contributed by atoms with Crippen molar-refractivity contribution in [1.82, 2.24) is 0 Å². The summed E-state index contributed by atoms with van der Waals surface area (Å²) >= 11 is 0. The summed E-state index contributed by atoms with van der Waals surface area (Å²) in [6.45, 7) is 4.69. The molecule has 0 amide bonds. The topological polar surface area (TPSA) is 166 Å². The molecule has 5 bridgehead atoms. The Kier molecular flexibility index (Phi) is 4.09. The van der Waals surface area contributed by atoms with Gasteiger partial charge in [-0.2, -0.15) is 0 Å². The maximum absolute atomic E-state index is 14.9. The van der Waals surface area contributed by atoms with Crippen molar-refractivity contribution >= 4 is 23.5 Å². The molecule has 11 heteroatoms. The number of rotatable bonds is 0. The number of aliphatic hydroxyl groups excluding tert-OH is 1. The van der Waals surface area contributed by atoms with Crippen LogP contribution in [0.3, 0.4) is 0 Å². The van der Waals surface area contributed by atoms with E-state index in [1.807, 2.05) is 0 Å². The van der Waals surface area contributed by atoms with Crippen LogP contribution in [0.5, 0.6) is 0 Å². The average Bonchev–Trinajstić information content (AvgIpc) is 3.19. The lowest BCUT2D eigenvalue weighted by Crippen LogP contribution is -2.79. The first-order valence-electron chi connectivity index (χ1n) is 13.8. The molecule has 0 aromatic heterocycles. The first-order valence-corrected chi connectivity index (χ1v) is 13.8. The van der Waals surface area contributed by atoms with Crippen LogP contribution >= 0.6 is 0 Å². The standard InChI is InChI=1S/C28H32O11/c1-22-10-17-24(3)28-18(22)19(31)27(39-28,36-11-14(22)20(32)37-17)13-9-16(30)25(34)7-4-5-15(29)23(25,2)12(13)6-8-26(28,35)21(33)38-24/h4-5,12-14,16-18,30,34-35H,6-11H2,1-3H3/t12-,13+,14+,16-,17-,18+,22-,23+,24+,25+,26+,27-,28+/m1/s1. The lowest BCUT2D eigenvalue weighted by molar-refractivity contribution is -0.382. The molecule has 13 atom stereocenters. The van der Waals surface area contributed by atoms with Crippen LogP contribution in [0.4, 0.5) is 0 Å². The molecule has 3 N–H and O–H groups in total. The van der Waals surface area contributed by atoms with Crippen molar-refractivity contribution in [3.8, 4) is 0 Å². The molecule has 8 rings (SSSR count). The number of carbonyl (C=O) groups is 4. The number of ketones is 2. The van der Waals surface area contributed by atoms with Crippen molar-refractivity contribution in [2.24, 2.45) is 34.5 Å². The summed E-state index contributed by atoms with van der Waals surface area (Å²) in [5, 5.41) is 35.6. The van der Waals surface area contributed by atoms with Gasteiger partial charge in [0.05, 0.1) is 30.0 Å². The Hall–Kier alpha value is -2.18. The molecule has 3 aliphatic carbocycles. The van der Waals surface area contributed by atoms with Crippen molar-refractivity contribution in [2.45, 2.75) is 93.3 Å². The summed E-state index contributed by atoms with van der Waals surface area (Å²) in [7, 11) is 0. The van der Waals surface area contributed by atoms with Gasteiger partial charge in [-0.3, -0.25) is 14.4 Å². The van der Waals surface area contributed by atoms with Gasteiger partial charge in [0.25, 0.3) is 0 Å². The Morgan fingerprint density at radius 3 is 2.54 bits per heavy atom. The minimum atomic E-state index is -2.32. The second kappa shape index (κ2) is 6.49. The maximum atomic E-state index is 14.9. The lowest BCUT2D eigenvalue weighted by Gasteiger charge is -2.64. The molecular formula is C28H32O11. The second-order valence-electron chi connectivity index (χ2n) is 13.8. The molecule has 0 radical (unpaired) electrons. The van der Waals surface area contributed by atoms with Gasteiger partial charge in [0, 0.05) is 5.92 Å². The van der Waals surface area contributed by atoms with E-state index in [4.69, 9.17) is 18.9 Å². The normalized spacial score (nSPS) is 62.0. The number of esters is 2. The van der Waals surface area contributed by atoms with E-state index in [1.165, 1.54) is 12.2 Å². The number of Topliss-reactive ketones (excluding diaryl/α,β-unsaturated/α-hetero) is 1. The summed E-state index contributed by atoms with van der Waals surface area (Å²) in [6.07, 6.45) is 0.491. The van der Waals surface area contributed by atoms with E-state index >= 15 is 0 Å². The molecule has 5 saturated heterocycles. The molecule has 5 aliphatic heterocycles. The molecule has 0 aromatic carbocycles. The molecule has 210 valence electrons. The highest BCUT2D eigenvalue weighted by molar-refractivity contribution is 6.00. The van der Waals surface area contributed by atoms with Gasteiger partial charge < -0.3 is 34.3 Å². The Morgan fingerprint density at radius 2 is 1.79 bits per heavy atom. The zero-order valence-corrected chi connectivity index (χ0v) is 22.0. The lowest BCUT2D eigenvalue weighted by atomic mass is 9.46. The second-order valence-corrected chi connectivity index (χ2v) is 13.8. The van der Waals surface area contributed by atoms with E-state index in [-0.39, 0.29) is 38.7 Å². The zero-order valence-electron chi connectivity index (χ0n) is 22.0. The van der Waals surface area contributed by atoms with Crippen LogP contribution in [0.2, 0.25) is 0 Å². The number of allylic oxidation sites excluding steroid dienone is 1. The first-order chi connectivity index (χ1) is 18.2. The quantitative estimate of drug-likeness (QED) is 0.344. The van der Waals surface area contributed by atoms with E-state index in [0.29, 0.717) is 0 Å². The highest BCUT2D eigenvalue weighted by atomic mass is 16.8. The number of aliphatic hydroxyl groups is 3. The first kappa shape index (κ1) is 24.6.